The van der Waals surface area contributed by atoms with E-state index < -0.39 is 10.0 Å². The van der Waals surface area contributed by atoms with Gasteiger partial charge < -0.3 is 5.32 Å². The first kappa shape index (κ1) is 21.0. The maximum absolute atomic E-state index is 12.6. The molecule has 0 saturated heterocycles. The van der Waals surface area contributed by atoms with E-state index in [1.807, 2.05) is 44.2 Å². The van der Waals surface area contributed by atoms with E-state index in [9.17, 15) is 13.2 Å². The molecule has 3 aromatic rings. The van der Waals surface area contributed by atoms with Crippen LogP contribution < -0.4 is 10.0 Å². The molecule has 7 heteroatoms. The van der Waals surface area contributed by atoms with E-state index >= 15 is 0 Å². The van der Waals surface area contributed by atoms with E-state index in [0.717, 1.165) is 22.0 Å². The smallest absolute Gasteiger partial charge is 0.253 e. The summed E-state index contributed by atoms with van der Waals surface area (Å²) in [5, 5.41) is 3.66. The number of aromatic nitrogens is 1. The fourth-order valence-electron chi connectivity index (χ4n) is 3.15. The number of benzene rings is 2. The lowest BCUT2D eigenvalue weighted by atomic mass is 10.1. The minimum atomic E-state index is -3.63. The second kappa shape index (κ2) is 8.31. The monoisotopic (exact) mass is 411 g/mol. The maximum atomic E-state index is 12.6. The van der Waals surface area contributed by atoms with Crippen LogP contribution in [0.25, 0.3) is 10.9 Å². The standard InChI is InChI=1S/C22H25N3O3S/c1-14-6-8-20-18(11-14)13-19(17(4)25-20)22(26)23-9-10-24-29(27,28)21-12-15(2)5-7-16(21)3/h5-8,11-13,24H,9-10H2,1-4H3,(H,23,26). The Kier molecular flexibility index (Phi) is 6.00. The van der Waals surface area contributed by atoms with E-state index in [1.54, 1.807) is 26.0 Å². The fourth-order valence-corrected chi connectivity index (χ4v) is 4.51. The first-order valence-corrected chi connectivity index (χ1v) is 10.9. The first-order valence-electron chi connectivity index (χ1n) is 9.40. The Hall–Kier alpha value is -2.77. The molecule has 0 bridgehead atoms. The zero-order valence-electron chi connectivity index (χ0n) is 17.0. The molecule has 0 saturated carbocycles. The second-order valence-electron chi connectivity index (χ2n) is 7.24. The van der Waals surface area contributed by atoms with Gasteiger partial charge in [-0.25, -0.2) is 13.1 Å². The maximum Gasteiger partial charge on any atom is 0.253 e. The van der Waals surface area contributed by atoms with Gasteiger partial charge >= 0.3 is 0 Å². The van der Waals surface area contributed by atoms with Crippen LogP contribution in [0.4, 0.5) is 0 Å². The third kappa shape index (κ3) is 4.81. The topological polar surface area (TPSA) is 88.2 Å². The molecule has 0 atom stereocenters. The predicted molar refractivity (Wildman–Crippen MR) is 115 cm³/mol. The third-order valence-electron chi connectivity index (χ3n) is 4.74. The average Bonchev–Trinajstić information content (AvgIpc) is 2.66. The van der Waals surface area contributed by atoms with Crippen molar-refractivity contribution >= 4 is 26.8 Å². The molecule has 6 nitrogen and oxygen atoms in total. The number of hydrogen-bond donors (Lipinski definition) is 2. The number of pyridine rings is 1. The van der Waals surface area contributed by atoms with Crippen LogP contribution in [-0.4, -0.2) is 32.4 Å². The number of amides is 1. The molecule has 0 fully saturated rings. The Labute approximate surface area is 171 Å². The normalized spacial score (nSPS) is 11.6. The fraction of sp³-hybridized carbons (Fsp3) is 0.273. The molecule has 1 aromatic heterocycles. The van der Waals surface area contributed by atoms with Crippen molar-refractivity contribution in [1.82, 2.24) is 15.0 Å². The van der Waals surface area contributed by atoms with E-state index in [4.69, 9.17) is 0 Å². The Morgan fingerprint density at radius 3 is 2.38 bits per heavy atom. The molecule has 0 spiro atoms. The minimum absolute atomic E-state index is 0.0978. The summed E-state index contributed by atoms with van der Waals surface area (Å²) < 4.78 is 27.6. The van der Waals surface area contributed by atoms with Gasteiger partial charge in [-0.05, 0) is 63.1 Å². The summed E-state index contributed by atoms with van der Waals surface area (Å²) in [5.41, 5.74) is 4.61. The summed E-state index contributed by atoms with van der Waals surface area (Å²) in [7, 11) is -3.63. The van der Waals surface area contributed by atoms with Crippen LogP contribution in [0.15, 0.2) is 47.4 Å². The van der Waals surface area contributed by atoms with Gasteiger partial charge in [-0.1, -0.05) is 23.8 Å². The van der Waals surface area contributed by atoms with Crippen LogP contribution in [0.2, 0.25) is 0 Å². The molecule has 0 aliphatic carbocycles. The van der Waals surface area contributed by atoms with Gasteiger partial charge in [0.15, 0.2) is 0 Å². The van der Waals surface area contributed by atoms with Crippen molar-refractivity contribution in [2.75, 3.05) is 13.1 Å². The van der Waals surface area contributed by atoms with Gasteiger partial charge in [0.1, 0.15) is 0 Å². The van der Waals surface area contributed by atoms with Gasteiger partial charge in [-0.2, -0.15) is 0 Å². The number of nitrogens with one attached hydrogen (secondary N) is 2. The highest BCUT2D eigenvalue weighted by Gasteiger charge is 2.17. The molecule has 0 unspecified atom stereocenters. The lowest BCUT2D eigenvalue weighted by molar-refractivity contribution is 0.0953. The van der Waals surface area contributed by atoms with Crippen LogP contribution in [0.3, 0.4) is 0 Å². The molecule has 3 rings (SSSR count). The zero-order chi connectivity index (χ0) is 21.2. The summed E-state index contributed by atoms with van der Waals surface area (Å²) in [6, 6.07) is 13.0. The number of carbonyl (C=O) groups is 1. The summed E-state index contributed by atoms with van der Waals surface area (Å²) in [6.45, 7) is 7.65. The molecule has 2 N–H and O–H groups in total. The SMILES string of the molecule is Cc1ccc(C)c(S(=O)(=O)NCCNC(=O)c2cc3cc(C)ccc3nc2C)c1. The van der Waals surface area contributed by atoms with Gasteiger partial charge in [0.05, 0.1) is 21.7 Å². The Bertz CT molecular complexity index is 1190. The van der Waals surface area contributed by atoms with Crippen LogP contribution in [-0.2, 0) is 10.0 Å². The second-order valence-corrected chi connectivity index (χ2v) is 8.98. The third-order valence-corrected chi connectivity index (χ3v) is 6.34. The van der Waals surface area contributed by atoms with Crippen LogP contribution in [0, 0.1) is 27.7 Å². The molecular formula is C22H25N3O3S. The van der Waals surface area contributed by atoms with Crippen molar-refractivity contribution in [3.05, 3.63) is 70.4 Å². The number of rotatable bonds is 6. The molecule has 0 aliphatic rings. The number of fused-ring (bicyclic) bond motifs is 1. The van der Waals surface area contributed by atoms with Crippen molar-refractivity contribution < 1.29 is 13.2 Å². The summed E-state index contributed by atoms with van der Waals surface area (Å²) >= 11 is 0. The summed E-state index contributed by atoms with van der Waals surface area (Å²) in [5.74, 6) is -0.274. The largest absolute Gasteiger partial charge is 0.351 e. The van der Waals surface area contributed by atoms with Crippen LogP contribution >= 0.6 is 0 Å². The lowest BCUT2D eigenvalue weighted by Gasteiger charge is -2.12. The quantitative estimate of drug-likeness (QED) is 0.610. The van der Waals surface area contributed by atoms with Crippen molar-refractivity contribution in [2.45, 2.75) is 32.6 Å². The highest BCUT2D eigenvalue weighted by Crippen LogP contribution is 2.18. The molecule has 2 aromatic carbocycles. The van der Waals surface area contributed by atoms with E-state index in [2.05, 4.69) is 15.0 Å². The van der Waals surface area contributed by atoms with Crippen LogP contribution in [0.1, 0.15) is 32.7 Å². The molecular weight excluding hydrogens is 386 g/mol. The number of hydrogen-bond acceptors (Lipinski definition) is 4. The van der Waals surface area contributed by atoms with E-state index in [1.165, 1.54) is 0 Å². The minimum Gasteiger partial charge on any atom is -0.351 e. The molecule has 0 radical (unpaired) electrons. The lowest BCUT2D eigenvalue weighted by Crippen LogP contribution is -2.35. The summed E-state index contributed by atoms with van der Waals surface area (Å²) in [4.78, 5) is 17.3. The Balaban J connectivity index is 1.65. The van der Waals surface area contributed by atoms with Gasteiger partial charge in [-0.15, -0.1) is 0 Å². The number of sulfonamides is 1. The van der Waals surface area contributed by atoms with Gasteiger partial charge in [0.2, 0.25) is 10.0 Å². The Morgan fingerprint density at radius 1 is 0.931 bits per heavy atom. The van der Waals surface area contributed by atoms with Crippen molar-refractivity contribution in [2.24, 2.45) is 0 Å². The summed E-state index contributed by atoms with van der Waals surface area (Å²) in [6.07, 6.45) is 0. The Morgan fingerprint density at radius 2 is 1.62 bits per heavy atom. The van der Waals surface area contributed by atoms with Crippen molar-refractivity contribution in [3.63, 3.8) is 0 Å². The van der Waals surface area contributed by atoms with Crippen LogP contribution in [0.5, 0.6) is 0 Å². The molecule has 152 valence electrons. The van der Waals surface area contributed by atoms with Gasteiger partial charge in [-0.3, -0.25) is 9.78 Å². The van der Waals surface area contributed by atoms with Gasteiger partial charge in [0, 0.05) is 18.5 Å². The van der Waals surface area contributed by atoms with Gasteiger partial charge in [0.25, 0.3) is 5.91 Å². The number of nitrogens with zero attached hydrogens (tertiary/aromatic N) is 1. The van der Waals surface area contributed by atoms with Crippen molar-refractivity contribution in [3.8, 4) is 0 Å². The molecule has 0 aliphatic heterocycles. The van der Waals surface area contributed by atoms with E-state index in [-0.39, 0.29) is 23.9 Å². The van der Waals surface area contributed by atoms with E-state index in [0.29, 0.717) is 16.8 Å². The highest BCUT2D eigenvalue weighted by molar-refractivity contribution is 7.89. The predicted octanol–water partition coefficient (Wildman–Crippen LogP) is 3.18. The molecule has 1 amide bonds. The highest BCUT2D eigenvalue weighted by atomic mass is 32.2. The molecule has 29 heavy (non-hydrogen) atoms. The van der Waals surface area contributed by atoms with Crippen molar-refractivity contribution in [1.29, 1.82) is 0 Å². The zero-order valence-corrected chi connectivity index (χ0v) is 17.9. The number of aryl methyl sites for hydroxylation is 4. The average molecular weight is 412 g/mol. The number of carbonyl (C=O) groups excluding carboxylic acids is 1. The molecule has 1 heterocycles. The first-order chi connectivity index (χ1) is 13.7.